The van der Waals surface area contributed by atoms with Crippen molar-refractivity contribution in [2.24, 2.45) is 0 Å². The second-order valence-electron chi connectivity index (χ2n) is 23.4. The van der Waals surface area contributed by atoms with Crippen LogP contribution < -0.4 is 0 Å². The molecule has 0 aromatic heterocycles. The van der Waals surface area contributed by atoms with Crippen molar-refractivity contribution in [3.63, 3.8) is 0 Å². The van der Waals surface area contributed by atoms with E-state index < -0.39 is 6.10 Å². The van der Waals surface area contributed by atoms with E-state index in [1.165, 1.54) is 257 Å². The van der Waals surface area contributed by atoms with Crippen LogP contribution in [-0.2, 0) is 28.6 Å². The third-order valence-corrected chi connectivity index (χ3v) is 15.5. The maximum atomic E-state index is 13.0. The molecule has 0 fully saturated rings. The maximum absolute atomic E-state index is 13.0. The van der Waals surface area contributed by atoms with Crippen molar-refractivity contribution in [1.82, 2.24) is 0 Å². The predicted molar refractivity (Wildman–Crippen MR) is 344 cm³/mol. The Balaban J connectivity index is 4.34. The minimum Gasteiger partial charge on any atom is -0.462 e. The topological polar surface area (TPSA) is 78.9 Å². The van der Waals surface area contributed by atoms with Gasteiger partial charge in [-0.1, -0.05) is 300 Å². The number of esters is 3. The van der Waals surface area contributed by atoms with E-state index in [1.54, 1.807) is 0 Å². The molecule has 79 heavy (non-hydrogen) atoms. The van der Waals surface area contributed by atoms with Crippen molar-refractivity contribution in [2.75, 3.05) is 13.2 Å². The first kappa shape index (κ1) is 76.1. The Morgan fingerprint density at radius 3 is 0.734 bits per heavy atom. The number of rotatable bonds is 64. The van der Waals surface area contributed by atoms with Crippen LogP contribution in [0.4, 0.5) is 0 Å². The van der Waals surface area contributed by atoms with Crippen LogP contribution in [0.3, 0.4) is 0 Å². The summed E-state index contributed by atoms with van der Waals surface area (Å²) in [4.78, 5) is 38.5. The molecule has 460 valence electrons. The Bertz CT molecular complexity index is 1410. The van der Waals surface area contributed by atoms with Gasteiger partial charge in [0.2, 0.25) is 0 Å². The summed E-state index contributed by atoms with van der Waals surface area (Å²) >= 11 is 0. The fourth-order valence-electron chi connectivity index (χ4n) is 10.2. The fourth-order valence-corrected chi connectivity index (χ4v) is 10.2. The Labute approximate surface area is 491 Å². The van der Waals surface area contributed by atoms with E-state index in [1.807, 2.05) is 0 Å². The van der Waals surface area contributed by atoms with E-state index in [9.17, 15) is 14.4 Å². The van der Waals surface area contributed by atoms with Crippen molar-refractivity contribution < 1.29 is 28.6 Å². The van der Waals surface area contributed by atoms with Crippen molar-refractivity contribution in [3.8, 4) is 0 Å². The molecule has 1 unspecified atom stereocenters. The molecule has 0 N–H and O–H groups in total. The molecule has 0 spiro atoms. The van der Waals surface area contributed by atoms with Crippen LogP contribution in [0.5, 0.6) is 0 Å². The number of hydrogen-bond donors (Lipinski definition) is 0. The largest absolute Gasteiger partial charge is 0.462 e. The van der Waals surface area contributed by atoms with Crippen molar-refractivity contribution in [1.29, 1.82) is 0 Å². The molecule has 0 radical (unpaired) electrons. The molecule has 0 rings (SSSR count). The van der Waals surface area contributed by atoms with Gasteiger partial charge in [0.05, 0.1) is 0 Å². The Hall–Kier alpha value is -2.89. The first-order valence-electron chi connectivity index (χ1n) is 34.8. The first-order valence-corrected chi connectivity index (χ1v) is 34.8. The molecule has 0 amide bonds. The van der Waals surface area contributed by atoms with E-state index in [0.717, 1.165) is 70.6 Å². The monoisotopic (exact) mass is 1110 g/mol. The van der Waals surface area contributed by atoms with Gasteiger partial charge in [-0.3, -0.25) is 14.4 Å². The van der Waals surface area contributed by atoms with Crippen LogP contribution in [0.1, 0.15) is 367 Å². The zero-order valence-corrected chi connectivity index (χ0v) is 52.9. The van der Waals surface area contributed by atoms with Gasteiger partial charge in [-0.15, -0.1) is 0 Å². The van der Waals surface area contributed by atoms with E-state index in [-0.39, 0.29) is 31.1 Å². The second-order valence-corrected chi connectivity index (χ2v) is 23.4. The van der Waals surface area contributed by atoms with Crippen LogP contribution in [0, 0.1) is 0 Å². The van der Waals surface area contributed by atoms with Gasteiger partial charge in [0, 0.05) is 19.3 Å². The molecular weight excluding hydrogens is 973 g/mol. The summed E-state index contributed by atoms with van der Waals surface area (Å²) in [6.07, 6.45) is 86.6. The van der Waals surface area contributed by atoms with Crippen LogP contribution >= 0.6 is 0 Å². The number of hydrogen-bond acceptors (Lipinski definition) is 6. The minimum absolute atomic E-state index is 0.0751. The molecule has 0 bridgehead atoms. The van der Waals surface area contributed by atoms with Crippen LogP contribution in [0.25, 0.3) is 0 Å². The maximum Gasteiger partial charge on any atom is 0.306 e. The van der Waals surface area contributed by atoms with Crippen molar-refractivity contribution in [3.05, 3.63) is 60.8 Å². The lowest BCUT2D eigenvalue weighted by atomic mass is 10.0. The number of carbonyl (C=O) groups is 3. The summed E-state index contributed by atoms with van der Waals surface area (Å²) in [5.41, 5.74) is 0. The SMILES string of the molecule is CCCCC/C=C\C/C=C\CCCCCCCCCCCC(=O)OCC(COC(=O)CCCCCCCCCCCCC/C=C\CCCCCCCCCC)OC(=O)CCCCCCCCCCC/C=C\C/C=C\CCCCC. The second kappa shape index (κ2) is 67.6. The van der Waals surface area contributed by atoms with Crippen molar-refractivity contribution >= 4 is 17.9 Å². The molecule has 0 aliphatic carbocycles. The summed E-state index contributed by atoms with van der Waals surface area (Å²) < 4.78 is 17.0. The molecule has 0 aromatic carbocycles. The van der Waals surface area contributed by atoms with Gasteiger partial charge in [-0.2, -0.15) is 0 Å². The Morgan fingerprint density at radius 2 is 0.456 bits per heavy atom. The van der Waals surface area contributed by atoms with Crippen LogP contribution in [0.2, 0.25) is 0 Å². The molecule has 0 aliphatic rings. The molecule has 6 heteroatoms. The van der Waals surface area contributed by atoms with Gasteiger partial charge in [0.15, 0.2) is 6.10 Å². The van der Waals surface area contributed by atoms with Gasteiger partial charge in [0.1, 0.15) is 13.2 Å². The number of allylic oxidation sites excluding steroid dienone is 10. The predicted octanol–water partition coefficient (Wildman–Crippen LogP) is 23.9. The van der Waals surface area contributed by atoms with Crippen LogP contribution in [-0.4, -0.2) is 37.2 Å². The van der Waals surface area contributed by atoms with E-state index in [0.29, 0.717) is 19.3 Å². The molecular formula is C73H132O6. The lowest BCUT2D eigenvalue weighted by Crippen LogP contribution is -2.30. The first-order chi connectivity index (χ1) is 39.0. The minimum atomic E-state index is -0.780. The average molecular weight is 1110 g/mol. The highest BCUT2D eigenvalue weighted by atomic mass is 16.6. The highest BCUT2D eigenvalue weighted by molar-refractivity contribution is 5.71. The quantitative estimate of drug-likeness (QED) is 0.0261. The summed E-state index contributed by atoms with van der Waals surface area (Å²) in [6.45, 7) is 6.64. The van der Waals surface area contributed by atoms with Gasteiger partial charge >= 0.3 is 17.9 Å². The molecule has 0 saturated carbocycles. The third-order valence-electron chi connectivity index (χ3n) is 15.5. The zero-order chi connectivity index (χ0) is 57.1. The van der Waals surface area contributed by atoms with E-state index in [2.05, 4.69) is 81.5 Å². The van der Waals surface area contributed by atoms with E-state index >= 15 is 0 Å². The molecule has 1 atom stereocenters. The summed E-state index contributed by atoms with van der Waals surface area (Å²) in [5, 5.41) is 0. The molecule has 0 heterocycles. The van der Waals surface area contributed by atoms with E-state index in [4.69, 9.17) is 14.2 Å². The molecule has 0 saturated heterocycles. The highest BCUT2D eigenvalue weighted by Crippen LogP contribution is 2.17. The molecule has 0 aliphatic heterocycles. The summed E-state index contributed by atoms with van der Waals surface area (Å²) in [6, 6.07) is 0. The normalized spacial score (nSPS) is 12.4. The number of unbranched alkanes of at least 4 members (excludes halogenated alkanes) is 43. The number of carbonyl (C=O) groups excluding carboxylic acids is 3. The standard InChI is InChI=1S/C73H132O6/c1-4-7-10-13-16-19-22-25-28-31-34-35-36-37-40-42-45-48-51-54-57-60-63-66-72(75)78-69-70(79-73(76)67-64-61-58-55-52-49-46-43-39-33-30-27-24-21-18-15-12-9-6-3)68-77-71(74)65-62-59-56-53-50-47-44-41-38-32-29-26-23-20-17-14-11-8-5-2/h17-18,20-21,26-27,29-31,34,70H,4-16,19,22-25,28,32-33,35-69H2,1-3H3/b20-17-,21-18-,29-26-,30-27-,34-31-. The van der Waals surface area contributed by atoms with Gasteiger partial charge in [-0.05, 0) is 109 Å². The van der Waals surface area contributed by atoms with Gasteiger partial charge in [0.25, 0.3) is 0 Å². The molecule has 0 aromatic rings. The van der Waals surface area contributed by atoms with Crippen molar-refractivity contribution in [2.45, 2.75) is 374 Å². The summed E-state index contributed by atoms with van der Waals surface area (Å²) in [7, 11) is 0. The zero-order valence-electron chi connectivity index (χ0n) is 52.9. The van der Waals surface area contributed by atoms with Gasteiger partial charge in [-0.25, -0.2) is 0 Å². The third kappa shape index (κ3) is 65.8. The lowest BCUT2D eigenvalue weighted by molar-refractivity contribution is -0.167. The smallest absolute Gasteiger partial charge is 0.306 e. The Kier molecular flexibility index (Phi) is 65.1. The molecule has 6 nitrogen and oxygen atoms in total. The Morgan fingerprint density at radius 1 is 0.253 bits per heavy atom. The average Bonchev–Trinajstić information content (AvgIpc) is 3.45. The fraction of sp³-hybridized carbons (Fsp3) is 0.822. The highest BCUT2D eigenvalue weighted by Gasteiger charge is 2.19. The van der Waals surface area contributed by atoms with Crippen LogP contribution in [0.15, 0.2) is 60.8 Å². The summed E-state index contributed by atoms with van der Waals surface area (Å²) in [5.74, 6) is -0.862. The number of ether oxygens (including phenoxy) is 3. The van der Waals surface area contributed by atoms with Gasteiger partial charge < -0.3 is 14.2 Å². The lowest BCUT2D eigenvalue weighted by Gasteiger charge is -2.18.